The molecule has 0 amide bonds. The molecule has 35 heavy (non-hydrogen) atoms. The summed E-state index contributed by atoms with van der Waals surface area (Å²) in [6.07, 6.45) is 2.83. The van der Waals surface area contributed by atoms with Crippen molar-refractivity contribution in [3.63, 3.8) is 0 Å². The minimum atomic E-state index is -2.87. The Balaban J connectivity index is 1.71. The van der Waals surface area contributed by atoms with E-state index in [4.69, 9.17) is 9.97 Å². The van der Waals surface area contributed by atoms with E-state index in [0.29, 0.717) is 40.3 Å². The van der Waals surface area contributed by atoms with Crippen LogP contribution in [-0.4, -0.2) is 30.7 Å². The summed E-state index contributed by atoms with van der Waals surface area (Å²) in [5.74, 6) is 0.758. The summed E-state index contributed by atoms with van der Waals surface area (Å²) in [6.45, 7) is 0.998. The van der Waals surface area contributed by atoms with E-state index in [-0.39, 0.29) is 11.3 Å². The molecule has 0 unspecified atom stereocenters. The molecule has 0 aliphatic carbocycles. The number of halogens is 2. The molecule has 5 rings (SSSR count). The van der Waals surface area contributed by atoms with Gasteiger partial charge in [-0.1, -0.05) is 19.1 Å². The van der Waals surface area contributed by atoms with E-state index in [1.165, 1.54) is 12.1 Å². The highest BCUT2D eigenvalue weighted by Crippen LogP contribution is 2.27. The van der Waals surface area contributed by atoms with Crippen LogP contribution in [-0.2, 0) is 19.9 Å². The Labute approximate surface area is 199 Å². The molecule has 0 spiro atoms. The molecule has 0 N–H and O–H groups in total. The molecule has 0 saturated heterocycles. The third kappa shape index (κ3) is 4.03. The number of ether oxygens (including phenoxy) is 1. The second-order valence-corrected chi connectivity index (χ2v) is 8.26. The van der Waals surface area contributed by atoms with E-state index in [0.717, 1.165) is 23.1 Å². The van der Waals surface area contributed by atoms with Crippen LogP contribution in [0.1, 0.15) is 29.7 Å². The average Bonchev–Trinajstić information content (AvgIpc) is 3.17. The zero-order chi connectivity index (χ0) is 24.7. The Hall–Kier alpha value is -4.14. The maximum atomic E-state index is 13.8. The molecule has 9 heteroatoms. The van der Waals surface area contributed by atoms with Crippen molar-refractivity contribution in [3.8, 4) is 11.4 Å². The lowest BCUT2D eigenvalue weighted by Crippen LogP contribution is -2.21. The molecule has 0 atom stereocenters. The SMILES string of the molecule is CCc1ccc2c3c(nc(Cc4ccc(OC(F)F)cc4)n3C)c(=O)n(-c3cccnc3C)c2n1. The first kappa shape index (κ1) is 22.6. The van der Waals surface area contributed by atoms with Crippen molar-refractivity contribution in [3.05, 3.63) is 87.9 Å². The van der Waals surface area contributed by atoms with E-state index in [1.54, 1.807) is 29.0 Å². The van der Waals surface area contributed by atoms with Crippen LogP contribution >= 0.6 is 0 Å². The second-order valence-electron chi connectivity index (χ2n) is 8.26. The summed E-state index contributed by atoms with van der Waals surface area (Å²) in [5, 5.41) is 0.807. The van der Waals surface area contributed by atoms with Gasteiger partial charge in [0.1, 0.15) is 17.2 Å². The molecule has 7 nitrogen and oxygen atoms in total. The van der Waals surface area contributed by atoms with Gasteiger partial charge in [0.2, 0.25) is 0 Å². The highest BCUT2D eigenvalue weighted by atomic mass is 19.3. The molecule has 5 aromatic rings. The summed E-state index contributed by atoms with van der Waals surface area (Å²) >= 11 is 0. The molecule has 0 bridgehead atoms. The van der Waals surface area contributed by atoms with E-state index < -0.39 is 6.61 Å². The van der Waals surface area contributed by atoms with E-state index in [2.05, 4.69) is 9.72 Å². The van der Waals surface area contributed by atoms with Gasteiger partial charge in [0.05, 0.1) is 16.9 Å². The number of aromatic nitrogens is 5. The van der Waals surface area contributed by atoms with Crippen LogP contribution in [0.4, 0.5) is 8.78 Å². The predicted molar refractivity (Wildman–Crippen MR) is 129 cm³/mol. The van der Waals surface area contributed by atoms with Crippen molar-refractivity contribution in [2.75, 3.05) is 0 Å². The van der Waals surface area contributed by atoms with E-state index in [1.807, 2.05) is 43.7 Å². The normalized spacial score (nSPS) is 11.6. The van der Waals surface area contributed by atoms with Crippen LogP contribution in [0.15, 0.2) is 59.5 Å². The Morgan fingerprint density at radius 1 is 1.06 bits per heavy atom. The van der Waals surface area contributed by atoms with Crippen LogP contribution in [0.2, 0.25) is 0 Å². The number of hydrogen-bond donors (Lipinski definition) is 0. The fourth-order valence-corrected chi connectivity index (χ4v) is 4.31. The van der Waals surface area contributed by atoms with Gasteiger partial charge in [-0.15, -0.1) is 0 Å². The molecule has 4 heterocycles. The molecular weight excluding hydrogens is 452 g/mol. The van der Waals surface area contributed by atoms with Crippen molar-refractivity contribution >= 4 is 22.1 Å². The molecule has 178 valence electrons. The van der Waals surface area contributed by atoms with Crippen molar-refractivity contribution in [1.82, 2.24) is 24.1 Å². The average molecular weight is 475 g/mol. The minimum Gasteiger partial charge on any atom is -0.435 e. The van der Waals surface area contributed by atoms with Crippen molar-refractivity contribution in [1.29, 1.82) is 0 Å². The predicted octanol–water partition coefficient (Wildman–Crippen LogP) is 4.73. The molecule has 0 saturated carbocycles. The number of aryl methyl sites for hydroxylation is 3. The summed E-state index contributed by atoms with van der Waals surface area (Å²) < 4.78 is 32.8. The first-order chi connectivity index (χ1) is 16.9. The van der Waals surface area contributed by atoms with Gasteiger partial charge in [-0.3, -0.25) is 14.3 Å². The lowest BCUT2D eigenvalue weighted by Gasteiger charge is -2.13. The number of pyridine rings is 3. The Kier molecular flexibility index (Phi) is 5.76. The van der Waals surface area contributed by atoms with Gasteiger partial charge in [0, 0.05) is 30.7 Å². The molecule has 1 aromatic carbocycles. The highest BCUT2D eigenvalue weighted by molar-refractivity contribution is 6.01. The lowest BCUT2D eigenvalue weighted by atomic mass is 10.1. The summed E-state index contributed by atoms with van der Waals surface area (Å²) in [7, 11) is 1.87. The molecule has 4 aromatic heterocycles. The molecule has 0 aliphatic rings. The lowest BCUT2D eigenvalue weighted by molar-refractivity contribution is -0.0498. The largest absolute Gasteiger partial charge is 0.435 e. The Morgan fingerprint density at radius 2 is 1.83 bits per heavy atom. The monoisotopic (exact) mass is 475 g/mol. The number of imidazole rings is 1. The van der Waals surface area contributed by atoms with Crippen molar-refractivity contribution in [2.45, 2.75) is 33.3 Å². The van der Waals surface area contributed by atoms with Crippen LogP contribution in [0, 0.1) is 6.92 Å². The number of nitrogens with zero attached hydrogens (tertiary/aromatic N) is 5. The third-order valence-electron chi connectivity index (χ3n) is 6.09. The topological polar surface area (TPSA) is 74.8 Å². The maximum absolute atomic E-state index is 13.8. The van der Waals surface area contributed by atoms with Gasteiger partial charge in [-0.25, -0.2) is 9.97 Å². The number of fused-ring (bicyclic) bond motifs is 3. The number of alkyl halides is 2. The van der Waals surface area contributed by atoms with Crippen molar-refractivity contribution < 1.29 is 13.5 Å². The minimum absolute atomic E-state index is 0.0901. The number of rotatable bonds is 6. The quantitative estimate of drug-likeness (QED) is 0.355. The summed E-state index contributed by atoms with van der Waals surface area (Å²) in [5.41, 5.74) is 4.41. The second kappa shape index (κ2) is 8.90. The van der Waals surface area contributed by atoms with Gasteiger partial charge in [0.15, 0.2) is 5.52 Å². The van der Waals surface area contributed by atoms with Gasteiger partial charge >= 0.3 is 6.61 Å². The zero-order valence-electron chi connectivity index (χ0n) is 19.5. The van der Waals surface area contributed by atoms with Crippen LogP contribution in [0.5, 0.6) is 5.75 Å². The first-order valence-corrected chi connectivity index (χ1v) is 11.2. The van der Waals surface area contributed by atoms with Gasteiger partial charge in [0.25, 0.3) is 5.56 Å². The fraction of sp³-hybridized carbons (Fsp3) is 0.231. The fourth-order valence-electron chi connectivity index (χ4n) is 4.31. The highest BCUT2D eigenvalue weighted by Gasteiger charge is 2.21. The van der Waals surface area contributed by atoms with Gasteiger partial charge < -0.3 is 9.30 Å². The van der Waals surface area contributed by atoms with Gasteiger partial charge in [-0.2, -0.15) is 8.78 Å². The maximum Gasteiger partial charge on any atom is 0.387 e. The van der Waals surface area contributed by atoms with E-state index >= 15 is 0 Å². The van der Waals surface area contributed by atoms with Crippen LogP contribution in [0.25, 0.3) is 27.8 Å². The molecule has 0 radical (unpaired) electrons. The van der Waals surface area contributed by atoms with E-state index in [9.17, 15) is 13.6 Å². The standard InChI is InChI=1S/C26H23F2N5O2/c1-4-17-9-12-19-23-22(25(34)33(24(19)30-17)20-6-5-13-29-15(20)2)31-21(32(23)3)14-16-7-10-18(11-8-16)35-26(27)28/h5-13,26H,4,14H2,1-3H3. The Bertz CT molecular complexity index is 1610. The van der Waals surface area contributed by atoms with Crippen LogP contribution < -0.4 is 10.3 Å². The zero-order valence-corrected chi connectivity index (χ0v) is 19.5. The number of hydrogen-bond acceptors (Lipinski definition) is 5. The molecule has 0 aliphatic heterocycles. The van der Waals surface area contributed by atoms with Crippen molar-refractivity contribution in [2.24, 2.45) is 7.05 Å². The molecule has 0 fully saturated rings. The summed E-state index contributed by atoms with van der Waals surface area (Å²) in [6, 6.07) is 14.0. The summed E-state index contributed by atoms with van der Waals surface area (Å²) in [4.78, 5) is 27.7. The first-order valence-electron chi connectivity index (χ1n) is 11.2. The smallest absolute Gasteiger partial charge is 0.387 e. The Morgan fingerprint density at radius 3 is 2.51 bits per heavy atom. The van der Waals surface area contributed by atoms with Gasteiger partial charge in [-0.05, 0) is 55.3 Å². The van der Waals surface area contributed by atoms with Crippen LogP contribution in [0.3, 0.4) is 0 Å². The number of benzene rings is 1. The molecular formula is C26H23F2N5O2. The third-order valence-corrected chi connectivity index (χ3v) is 6.09.